The summed E-state index contributed by atoms with van der Waals surface area (Å²) in [7, 11) is -3.23. The molecular formula is C27H31F5N2O5S. The molecule has 0 N–H and O–H groups in total. The number of ether oxygens (including phenoxy) is 2. The van der Waals surface area contributed by atoms with E-state index in [2.05, 4.69) is 0 Å². The van der Waals surface area contributed by atoms with Crippen molar-refractivity contribution in [1.82, 2.24) is 4.31 Å². The van der Waals surface area contributed by atoms with Crippen molar-refractivity contribution < 1.29 is 44.6 Å². The zero-order chi connectivity index (χ0) is 29.5. The van der Waals surface area contributed by atoms with Gasteiger partial charge in [-0.05, 0) is 51.3 Å². The van der Waals surface area contributed by atoms with Crippen molar-refractivity contribution in [1.29, 1.82) is 0 Å². The lowest BCUT2D eigenvalue weighted by atomic mass is 10.1. The highest BCUT2D eigenvalue weighted by Gasteiger charge is 2.53. The second kappa shape index (κ2) is 10.8. The Labute approximate surface area is 229 Å². The minimum absolute atomic E-state index is 0.0955. The number of carbonyl (C=O) groups is 1. The SMILES string of the molecule is CCOC(=O)C1(COc2cc3c(cc2C(F)(F)F)N(c2ccccc2)C[C@@H](CCC(C)(F)F)N(C)S3(=O)=O)CC1. The van der Waals surface area contributed by atoms with Crippen LogP contribution >= 0.6 is 0 Å². The molecule has 1 aliphatic heterocycles. The number of alkyl halides is 5. The number of hydrogen-bond donors (Lipinski definition) is 0. The van der Waals surface area contributed by atoms with E-state index in [1.54, 1.807) is 37.3 Å². The Morgan fingerprint density at radius 3 is 2.30 bits per heavy atom. The molecule has 1 aliphatic carbocycles. The molecule has 40 heavy (non-hydrogen) atoms. The van der Waals surface area contributed by atoms with Crippen LogP contribution in [0.5, 0.6) is 5.75 Å². The molecule has 7 nitrogen and oxygen atoms in total. The van der Waals surface area contributed by atoms with Gasteiger partial charge in [-0.3, -0.25) is 4.79 Å². The van der Waals surface area contributed by atoms with Crippen molar-refractivity contribution in [2.24, 2.45) is 5.41 Å². The monoisotopic (exact) mass is 590 g/mol. The minimum atomic E-state index is -4.93. The Morgan fingerprint density at radius 2 is 1.75 bits per heavy atom. The molecule has 1 saturated carbocycles. The van der Waals surface area contributed by atoms with Crippen molar-refractivity contribution in [2.45, 2.75) is 62.6 Å². The number of anilines is 2. The molecule has 0 spiro atoms. The average Bonchev–Trinajstić information content (AvgIpc) is 3.68. The first-order valence-corrected chi connectivity index (χ1v) is 14.3. The molecule has 2 aliphatic rings. The number of hydrogen-bond acceptors (Lipinski definition) is 6. The van der Waals surface area contributed by atoms with Crippen molar-refractivity contribution in [3.8, 4) is 5.75 Å². The maximum Gasteiger partial charge on any atom is 0.420 e. The first-order valence-electron chi connectivity index (χ1n) is 12.8. The van der Waals surface area contributed by atoms with E-state index >= 15 is 0 Å². The standard InChI is InChI=1S/C27H31F5N2O5S/c1-4-38-24(35)26(12-13-26)17-39-22-15-23-21(14-20(22)27(30,31)32)34(18-8-6-5-7-9-18)16-19(10-11-25(2,28)29)33(3)40(23,36)37/h5-9,14-15,19H,4,10-13,16-17H2,1-3H3/t19-/m1/s1. The van der Waals surface area contributed by atoms with E-state index in [1.165, 1.54) is 11.9 Å². The van der Waals surface area contributed by atoms with Gasteiger partial charge in [0.15, 0.2) is 0 Å². The molecule has 13 heteroatoms. The normalized spacial score (nSPS) is 20.4. The third-order valence-corrected chi connectivity index (χ3v) is 9.21. The summed E-state index contributed by atoms with van der Waals surface area (Å²) in [5, 5.41) is 0. The van der Waals surface area contributed by atoms with Gasteiger partial charge in [0.25, 0.3) is 0 Å². The Balaban J connectivity index is 1.84. The number of carbonyl (C=O) groups excluding carboxylic acids is 1. The third-order valence-electron chi connectivity index (χ3n) is 7.27. The van der Waals surface area contributed by atoms with Crippen molar-refractivity contribution >= 4 is 27.4 Å². The molecule has 0 radical (unpaired) electrons. The minimum Gasteiger partial charge on any atom is -0.492 e. The fourth-order valence-electron chi connectivity index (χ4n) is 4.69. The van der Waals surface area contributed by atoms with E-state index in [9.17, 15) is 35.2 Å². The molecule has 2 aromatic carbocycles. The number of para-hydroxylation sites is 1. The van der Waals surface area contributed by atoms with Crippen LogP contribution in [0.4, 0.5) is 33.3 Å². The highest BCUT2D eigenvalue weighted by Crippen LogP contribution is 2.49. The van der Waals surface area contributed by atoms with Crippen LogP contribution in [-0.4, -0.2) is 57.5 Å². The lowest BCUT2D eigenvalue weighted by Gasteiger charge is -2.30. The third kappa shape index (κ3) is 6.19. The summed E-state index contributed by atoms with van der Waals surface area (Å²) in [6.07, 6.45) is -5.04. The van der Waals surface area contributed by atoms with Crippen LogP contribution in [0.15, 0.2) is 47.4 Å². The van der Waals surface area contributed by atoms with Gasteiger partial charge >= 0.3 is 12.1 Å². The van der Waals surface area contributed by atoms with Gasteiger partial charge in [-0.1, -0.05) is 18.2 Å². The molecule has 0 amide bonds. The predicted octanol–water partition coefficient (Wildman–Crippen LogP) is 6.00. The molecule has 2 aromatic rings. The Hall–Kier alpha value is -2.93. The predicted molar refractivity (Wildman–Crippen MR) is 137 cm³/mol. The van der Waals surface area contributed by atoms with Gasteiger partial charge in [0, 0.05) is 37.8 Å². The molecule has 0 saturated heterocycles. The van der Waals surface area contributed by atoms with E-state index in [0.29, 0.717) is 24.6 Å². The Bertz CT molecular complexity index is 1340. The number of benzene rings is 2. The Kier molecular flexibility index (Phi) is 8.12. The van der Waals surface area contributed by atoms with Crippen molar-refractivity contribution in [2.75, 3.05) is 31.7 Å². The number of fused-ring (bicyclic) bond motifs is 1. The van der Waals surface area contributed by atoms with Gasteiger partial charge in [0.05, 0.1) is 17.9 Å². The lowest BCUT2D eigenvalue weighted by molar-refractivity contribution is -0.151. The van der Waals surface area contributed by atoms with E-state index < -0.39 is 68.8 Å². The van der Waals surface area contributed by atoms with Gasteiger partial charge in [0.1, 0.15) is 22.7 Å². The summed E-state index contributed by atoms with van der Waals surface area (Å²) >= 11 is 0. The largest absolute Gasteiger partial charge is 0.492 e. The zero-order valence-electron chi connectivity index (χ0n) is 22.3. The van der Waals surface area contributed by atoms with Gasteiger partial charge in [-0.25, -0.2) is 17.2 Å². The highest BCUT2D eigenvalue weighted by atomic mass is 32.2. The zero-order valence-corrected chi connectivity index (χ0v) is 23.1. The molecular weight excluding hydrogens is 559 g/mol. The van der Waals surface area contributed by atoms with Gasteiger partial charge in [0.2, 0.25) is 15.9 Å². The number of halogens is 5. The first kappa shape index (κ1) is 30.0. The molecule has 220 valence electrons. The molecule has 1 atom stereocenters. The quantitative estimate of drug-likeness (QED) is 0.263. The molecule has 0 bridgehead atoms. The summed E-state index contributed by atoms with van der Waals surface area (Å²) in [6, 6.07) is 8.72. The van der Waals surface area contributed by atoms with E-state index in [0.717, 1.165) is 17.3 Å². The fourth-order valence-corrected chi connectivity index (χ4v) is 6.25. The van der Waals surface area contributed by atoms with E-state index in [4.69, 9.17) is 9.47 Å². The van der Waals surface area contributed by atoms with Crippen LogP contribution in [0.25, 0.3) is 0 Å². The summed E-state index contributed by atoms with van der Waals surface area (Å²) in [5.74, 6) is -4.40. The summed E-state index contributed by atoms with van der Waals surface area (Å²) < 4.78 is 109. The molecule has 0 unspecified atom stereocenters. The summed E-state index contributed by atoms with van der Waals surface area (Å²) in [4.78, 5) is 13.3. The van der Waals surface area contributed by atoms with Gasteiger partial charge in [-0.15, -0.1) is 0 Å². The van der Waals surface area contributed by atoms with Crippen LogP contribution < -0.4 is 9.64 Å². The number of nitrogens with zero attached hydrogens (tertiary/aromatic N) is 2. The second-order valence-corrected chi connectivity index (χ2v) is 12.3. The molecule has 1 fully saturated rings. The second-order valence-electron chi connectivity index (χ2n) is 10.3. The summed E-state index contributed by atoms with van der Waals surface area (Å²) in [6.45, 7) is 1.85. The Morgan fingerprint density at radius 1 is 1.10 bits per heavy atom. The molecule has 1 heterocycles. The molecule has 4 rings (SSSR count). The smallest absolute Gasteiger partial charge is 0.420 e. The van der Waals surface area contributed by atoms with Crippen molar-refractivity contribution in [3.05, 3.63) is 48.0 Å². The summed E-state index contributed by atoms with van der Waals surface area (Å²) in [5.41, 5.74) is -2.17. The van der Waals surface area contributed by atoms with Crippen LogP contribution in [0, 0.1) is 5.41 Å². The van der Waals surface area contributed by atoms with Crippen LogP contribution in [0.3, 0.4) is 0 Å². The maximum atomic E-state index is 14.3. The van der Waals surface area contributed by atoms with Crippen LogP contribution in [-0.2, 0) is 25.7 Å². The fraction of sp³-hybridized carbons (Fsp3) is 0.519. The van der Waals surface area contributed by atoms with Crippen molar-refractivity contribution in [3.63, 3.8) is 0 Å². The highest BCUT2D eigenvalue weighted by molar-refractivity contribution is 7.89. The average molecular weight is 591 g/mol. The van der Waals surface area contributed by atoms with E-state index in [-0.39, 0.29) is 25.3 Å². The lowest BCUT2D eigenvalue weighted by Crippen LogP contribution is -2.41. The van der Waals surface area contributed by atoms with Crippen LogP contribution in [0.2, 0.25) is 0 Å². The number of esters is 1. The van der Waals surface area contributed by atoms with Gasteiger partial charge < -0.3 is 14.4 Å². The first-order chi connectivity index (χ1) is 18.6. The number of likely N-dealkylation sites (N-methyl/N-ethyl adjacent to an activating group) is 1. The number of sulfonamides is 1. The van der Waals surface area contributed by atoms with E-state index in [1.807, 2.05) is 0 Å². The topological polar surface area (TPSA) is 76.2 Å². The van der Waals surface area contributed by atoms with Gasteiger partial charge in [-0.2, -0.15) is 17.5 Å². The maximum absolute atomic E-state index is 14.3. The number of rotatable bonds is 9. The molecule has 0 aromatic heterocycles. The van der Waals surface area contributed by atoms with Crippen LogP contribution in [0.1, 0.15) is 45.1 Å².